The van der Waals surface area contributed by atoms with E-state index in [1.807, 2.05) is 70.2 Å². The Morgan fingerprint density at radius 1 is 1.00 bits per heavy atom. The number of hydrogen-bond donors (Lipinski definition) is 2. The zero-order chi connectivity index (χ0) is 18.4. The lowest BCUT2D eigenvalue weighted by Gasteiger charge is -2.14. The molecular weight excluding hydrogens is 332 g/mol. The Labute approximate surface area is 153 Å². The Balaban J connectivity index is 1.83. The second kappa shape index (κ2) is 8.72. The Hall–Kier alpha value is -2.27. The zero-order valence-corrected chi connectivity index (χ0v) is 15.9. The first kappa shape index (κ1) is 19.1. The predicted molar refractivity (Wildman–Crippen MR) is 106 cm³/mol. The van der Waals surface area contributed by atoms with Crippen LogP contribution in [0.1, 0.15) is 23.6 Å². The molecule has 2 aromatic carbocycles. The highest BCUT2D eigenvalue weighted by molar-refractivity contribution is 8.01. The monoisotopic (exact) mass is 356 g/mol. The fraction of sp³-hybridized carbons (Fsp3) is 0.300. The number of hydrogen-bond acceptors (Lipinski definition) is 3. The van der Waals surface area contributed by atoms with E-state index in [0.717, 1.165) is 28.1 Å². The maximum atomic E-state index is 12.3. The molecule has 2 rings (SSSR count). The van der Waals surface area contributed by atoms with E-state index >= 15 is 0 Å². The van der Waals surface area contributed by atoms with Crippen molar-refractivity contribution in [1.82, 2.24) is 0 Å². The van der Waals surface area contributed by atoms with E-state index < -0.39 is 0 Å². The minimum absolute atomic E-state index is 0.0969. The fourth-order valence-electron chi connectivity index (χ4n) is 2.38. The molecule has 0 aromatic heterocycles. The predicted octanol–water partition coefficient (Wildman–Crippen LogP) is 4.31. The maximum Gasteiger partial charge on any atom is 0.237 e. The molecule has 2 amide bonds. The van der Waals surface area contributed by atoms with E-state index in [-0.39, 0.29) is 22.8 Å². The first-order valence-electron chi connectivity index (χ1n) is 8.21. The average molecular weight is 356 g/mol. The number of carbonyl (C=O) groups is 2. The van der Waals surface area contributed by atoms with Crippen molar-refractivity contribution in [2.75, 3.05) is 16.4 Å². The number of aryl methyl sites for hydroxylation is 3. The van der Waals surface area contributed by atoms with Gasteiger partial charge in [-0.15, -0.1) is 11.8 Å². The Morgan fingerprint density at radius 2 is 1.72 bits per heavy atom. The average Bonchev–Trinajstić information content (AvgIpc) is 2.55. The van der Waals surface area contributed by atoms with Gasteiger partial charge in [0, 0.05) is 11.4 Å². The molecule has 0 unspecified atom stereocenters. The number of rotatable bonds is 6. The van der Waals surface area contributed by atoms with Gasteiger partial charge in [0.15, 0.2) is 0 Å². The third-order valence-electron chi connectivity index (χ3n) is 3.78. The number of thioether (sulfide) groups is 1. The third-order valence-corrected chi connectivity index (χ3v) is 4.92. The van der Waals surface area contributed by atoms with Crippen LogP contribution in [0.5, 0.6) is 0 Å². The molecular formula is C20H24N2O2S. The summed E-state index contributed by atoms with van der Waals surface area (Å²) in [5.74, 6) is 0.0251. The van der Waals surface area contributed by atoms with Crippen LogP contribution >= 0.6 is 11.8 Å². The van der Waals surface area contributed by atoms with E-state index in [1.165, 1.54) is 11.8 Å². The fourth-order valence-corrected chi connectivity index (χ4v) is 3.07. The van der Waals surface area contributed by atoms with Gasteiger partial charge in [0.1, 0.15) is 0 Å². The number of anilines is 2. The van der Waals surface area contributed by atoms with E-state index in [2.05, 4.69) is 10.6 Å². The van der Waals surface area contributed by atoms with Gasteiger partial charge in [0.2, 0.25) is 11.8 Å². The lowest BCUT2D eigenvalue weighted by molar-refractivity contribution is -0.115. The molecule has 0 aliphatic carbocycles. The van der Waals surface area contributed by atoms with Crippen LogP contribution in [0, 0.1) is 20.8 Å². The molecule has 0 spiro atoms. The maximum absolute atomic E-state index is 12.3. The van der Waals surface area contributed by atoms with E-state index in [0.29, 0.717) is 0 Å². The first-order chi connectivity index (χ1) is 11.8. The Morgan fingerprint density at radius 3 is 2.40 bits per heavy atom. The number of amides is 2. The van der Waals surface area contributed by atoms with Gasteiger partial charge in [-0.2, -0.15) is 0 Å². The van der Waals surface area contributed by atoms with Crippen molar-refractivity contribution in [3.63, 3.8) is 0 Å². The van der Waals surface area contributed by atoms with Crippen LogP contribution in [-0.2, 0) is 9.59 Å². The molecule has 0 heterocycles. The Bertz CT molecular complexity index is 774. The van der Waals surface area contributed by atoms with E-state index in [4.69, 9.17) is 0 Å². The normalized spacial score (nSPS) is 11.7. The van der Waals surface area contributed by atoms with Gasteiger partial charge >= 0.3 is 0 Å². The quantitative estimate of drug-likeness (QED) is 0.811. The van der Waals surface area contributed by atoms with Crippen LogP contribution in [0.15, 0.2) is 42.5 Å². The topological polar surface area (TPSA) is 58.2 Å². The van der Waals surface area contributed by atoms with Gasteiger partial charge in [-0.05, 0) is 57.0 Å². The molecule has 0 aliphatic rings. The van der Waals surface area contributed by atoms with Crippen molar-refractivity contribution in [3.05, 3.63) is 59.2 Å². The molecule has 0 saturated heterocycles. The molecule has 25 heavy (non-hydrogen) atoms. The van der Waals surface area contributed by atoms with Gasteiger partial charge in [-0.3, -0.25) is 9.59 Å². The molecule has 2 N–H and O–H groups in total. The summed E-state index contributed by atoms with van der Waals surface area (Å²) in [5, 5.41) is 5.46. The summed E-state index contributed by atoms with van der Waals surface area (Å²) < 4.78 is 0. The van der Waals surface area contributed by atoms with Crippen molar-refractivity contribution >= 4 is 35.0 Å². The van der Waals surface area contributed by atoms with Gasteiger partial charge in [-0.1, -0.05) is 29.8 Å². The number of nitrogens with one attached hydrogen (secondary N) is 2. The highest BCUT2D eigenvalue weighted by atomic mass is 32.2. The van der Waals surface area contributed by atoms with Crippen LogP contribution in [0.4, 0.5) is 11.4 Å². The summed E-state index contributed by atoms with van der Waals surface area (Å²) in [6.45, 7) is 7.77. The lowest BCUT2D eigenvalue weighted by atomic mass is 10.1. The molecule has 132 valence electrons. The van der Waals surface area contributed by atoms with E-state index in [1.54, 1.807) is 0 Å². The SMILES string of the molecule is Cc1cccc(NC(=O)CS[C@@H](C)C(=O)Nc2ccc(C)cc2C)c1. The van der Waals surface area contributed by atoms with E-state index in [9.17, 15) is 9.59 Å². The summed E-state index contributed by atoms with van der Waals surface area (Å²) >= 11 is 1.32. The molecule has 0 saturated carbocycles. The molecule has 1 atom stereocenters. The van der Waals surface area contributed by atoms with Crippen molar-refractivity contribution in [3.8, 4) is 0 Å². The van der Waals surface area contributed by atoms with Crippen molar-refractivity contribution < 1.29 is 9.59 Å². The van der Waals surface area contributed by atoms with Gasteiger partial charge in [-0.25, -0.2) is 0 Å². The standard InChI is InChI=1S/C20H24N2O2S/c1-13-6-5-7-17(11-13)21-19(23)12-25-16(4)20(24)22-18-9-8-14(2)10-15(18)3/h5-11,16H,12H2,1-4H3,(H,21,23)(H,22,24)/t16-/m0/s1. The molecule has 0 radical (unpaired) electrons. The van der Waals surface area contributed by atoms with Crippen molar-refractivity contribution in [1.29, 1.82) is 0 Å². The van der Waals surface area contributed by atoms with Crippen molar-refractivity contribution in [2.24, 2.45) is 0 Å². The highest BCUT2D eigenvalue weighted by Crippen LogP contribution is 2.19. The summed E-state index contributed by atoms with van der Waals surface area (Å²) in [6, 6.07) is 13.6. The number of carbonyl (C=O) groups excluding carboxylic acids is 2. The molecule has 2 aromatic rings. The van der Waals surface area contributed by atoms with Gasteiger partial charge in [0.25, 0.3) is 0 Å². The molecule has 0 aliphatic heterocycles. The summed E-state index contributed by atoms with van der Waals surface area (Å²) in [5.41, 5.74) is 4.87. The second-order valence-corrected chi connectivity index (χ2v) is 7.51. The van der Waals surface area contributed by atoms with Crippen LogP contribution in [0.3, 0.4) is 0 Å². The summed E-state index contributed by atoms with van der Waals surface area (Å²) in [7, 11) is 0. The van der Waals surface area contributed by atoms with Gasteiger partial charge in [0.05, 0.1) is 11.0 Å². The first-order valence-corrected chi connectivity index (χ1v) is 9.26. The Kier molecular flexibility index (Phi) is 6.65. The van der Waals surface area contributed by atoms with Gasteiger partial charge < -0.3 is 10.6 Å². The molecule has 0 fully saturated rings. The molecule has 5 heteroatoms. The molecule has 4 nitrogen and oxygen atoms in total. The lowest BCUT2D eigenvalue weighted by Crippen LogP contribution is -2.25. The van der Waals surface area contributed by atoms with Crippen LogP contribution in [0.2, 0.25) is 0 Å². The summed E-state index contributed by atoms with van der Waals surface area (Å²) in [4.78, 5) is 24.3. The third kappa shape index (κ3) is 5.94. The minimum atomic E-state index is -0.316. The smallest absolute Gasteiger partial charge is 0.237 e. The molecule has 0 bridgehead atoms. The highest BCUT2D eigenvalue weighted by Gasteiger charge is 2.16. The second-order valence-electron chi connectivity index (χ2n) is 6.18. The largest absolute Gasteiger partial charge is 0.325 e. The van der Waals surface area contributed by atoms with Crippen LogP contribution < -0.4 is 10.6 Å². The van der Waals surface area contributed by atoms with Crippen LogP contribution in [-0.4, -0.2) is 22.8 Å². The number of benzene rings is 2. The minimum Gasteiger partial charge on any atom is -0.325 e. The van der Waals surface area contributed by atoms with Crippen LogP contribution in [0.25, 0.3) is 0 Å². The summed E-state index contributed by atoms with van der Waals surface area (Å²) in [6.07, 6.45) is 0. The zero-order valence-electron chi connectivity index (χ0n) is 15.1. The van der Waals surface area contributed by atoms with Crippen molar-refractivity contribution in [2.45, 2.75) is 32.9 Å².